The van der Waals surface area contributed by atoms with Crippen LogP contribution in [-0.4, -0.2) is 26.1 Å². The van der Waals surface area contributed by atoms with Crippen molar-refractivity contribution in [1.29, 1.82) is 0 Å². The molecule has 0 saturated carbocycles. The minimum absolute atomic E-state index is 0.320. The van der Waals surface area contributed by atoms with Crippen LogP contribution in [0.5, 0.6) is 0 Å². The van der Waals surface area contributed by atoms with Gasteiger partial charge in [0.1, 0.15) is 13.0 Å². The minimum atomic E-state index is -2.55. The summed E-state index contributed by atoms with van der Waals surface area (Å²) >= 11 is 2.05. The average Bonchev–Trinajstić information content (AvgIpc) is 2.42. The van der Waals surface area contributed by atoms with Gasteiger partial charge in [-0.1, -0.05) is 19.6 Å². The van der Waals surface area contributed by atoms with Crippen LogP contribution in [0.2, 0.25) is 0 Å². The Kier molecular flexibility index (Phi) is 6.81. The minimum Gasteiger partial charge on any atom is -0.351 e. The Hall–Kier alpha value is -0.940. The fraction of sp³-hybridized carbons (Fsp3) is 0.267. The van der Waals surface area contributed by atoms with Gasteiger partial charge in [-0.3, -0.25) is 4.99 Å². The zero-order valence-corrected chi connectivity index (χ0v) is 15.4. The van der Waals surface area contributed by atoms with Crippen molar-refractivity contribution in [2.45, 2.75) is 6.92 Å². The van der Waals surface area contributed by atoms with Crippen molar-refractivity contribution < 1.29 is 8.96 Å². The van der Waals surface area contributed by atoms with Crippen molar-refractivity contribution in [1.82, 2.24) is 0 Å². The van der Waals surface area contributed by atoms with E-state index in [0.717, 1.165) is 3.57 Å². The molecule has 0 aliphatic carbocycles. The Morgan fingerprint density at radius 3 is 2.71 bits per heavy atom. The Bertz CT molecular complexity index is 641. The van der Waals surface area contributed by atoms with Crippen molar-refractivity contribution in [3.8, 4) is 0 Å². The molecule has 1 atom stereocenters. The van der Waals surface area contributed by atoms with Gasteiger partial charge in [0.15, 0.2) is 0 Å². The summed E-state index contributed by atoms with van der Waals surface area (Å²) in [6, 6.07) is 4.88. The number of benzene rings is 1. The van der Waals surface area contributed by atoms with E-state index in [1.54, 1.807) is 38.1 Å². The fourth-order valence-electron chi connectivity index (χ4n) is 1.76. The van der Waals surface area contributed by atoms with Gasteiger partial charge in [0.25, 0.3) is 0 Å². The third-order valence-electron chi connectivity index (χ3n) is 3.04. The molecular weight excluding hydrogens is 401 g/mol. The molecule has 0 unspecified atom stereocenters. The van der Waals surface area contributed by atoms with Crippen LogP contribution in [-0.2, 0) is 4.57 Å². The molecule has 0 spiro atoms. The fourth-order valence-corrected chi connectivity index (χ4v) is 3.56. The van der Waals surface area contributed by atoms with Crippen LogP contribution in [0.15, 0.2) is 46.9 Å². The highest BCUT2D eigenvalue weighted by atomic mass is 127. The maximum atomic E-state index is 14.0. The number of allylic oxidation sites excluding steroid dienone is 3. The van der Waals surface area contributed by atoms with Gasteiger partial charge in [-0.05, 0) is 47.5 Å². The van der Waals surface area contributed by atoms with Gasteiger partial charge in [0, 0.05) is 28.3 Å². The largest absolute Gasteiger partial charge is 0.351 e. The van der Waals surface area contributed by atoms with E-state index in [1.165, 1.54) is 6.07 Å². The summed E-state index contributed by atoms with van der Waals surface area (Å²) in [6.07, 6.45) is 3.60. The topological polar surface area (TPSA) is 41.5 Å². The van der Waals surface area contributed by atoms with Crippen molar-refractivity contribution >= 4 is 41.6 Å². The molecule has 1 N–H and O–H groups in total. The van der Waals surface area contributed by atoms with E-state index in [-0.39, 0.29) is 5.82 Å². The molecule has 6 heteroatoms. The summed E-state index contributed by atoms with van der Waals surface area (Å²) in [5.41, 5.74) is 0.834. The lowest BCUT2D eigenvalue weighted by Gasteiger charge is -2.17. The Morgan fingerprint density at radius 2 is 2.24 bits per heavy atom. The Balaban J connectivity index is 3.35. The molecule has 114 valence electrons. The van der Waals surface area contributed by atoms with Crippen LogP contribution in [0.1, 0.15) is 6.92 Å². The van der Waals surface area contributed by atoms with E-state index in [1.807, 2.05) is 29.5 Å². The summed E-state index contributed by atoms with van der Waals surface area (Å²) in [7, 11) is -0.937. The van der Waals surface area contributed by atoms with E-state index in [0.29, 0.717) is 22.9 Å². The first kappa shape index (κ1) is 18.1. The molecule has 0 amide bonds. The van der Waals surface area contributed by atoms with Crippen molar-refractivity contribution in [2.24, 2.45) is 4.99 Å². The standard InChI is InChI=1S/C15H19FIN2OP/c1-5-15(21(4,20)6-2)14(10-18-3)19-13-8-7-11(17)9-12(13)16/h5,7-10,19H,1,6H2,2-4H3/b15-14-,18-10-/t21-/m1/s1. The number of hydrogen-bond acceptors (Lipinski definition) is 3. The Labute approximate surface area is 138 Å². The smallest absolute Gasteiger partial charge is 0.147 e. The zero-order valence-electron chi connectivity index (χ0n) is 12.4. The molecule has 1 aromatic rings. The zero-order chi connectivity index (χ0) is 16.0. The number of rotatable bonds is 6. The highest BCUT2D eigenvalue weighted by molar-refractivity contribution is 14.1. The maximum absolute atomic E-state index is 14.0. The maximum Gasteiger partial charge on any atom is 0.147 e. The van der Waals surface area contributed by atoms with Gasteiger partial charge in [0.2, 0.25) is 0 Å². The van der Waals surface area contributed by atoms with E-state index in [9.17, 15) is 8.96 Å². The molecule has 0 aliphatic rings. The van der Waals surface area contributed by atoms with Crippen LogP contribution in [0, 0.1) is 9.39 Å². The lowest BCUT2D eigenvalue weighted by atomic mass is 10.3. The first-order valence-corrected chi connectivity index (χ1v) is 9.85. The second-order valence-electron chi connectivity index (χ2n) is 4.56. The quantitative estimate of drug-likeness (QED) is 0.306. The highest BCUT2D eigenvalue weighted by Gasteiger charge is 2.20. The normalized spacial score (nSPS) is 15.5. The van der Waals surface area contributed by atoms with Gasteiger partial charge in [-0.2, -0.15) is 0 Å². The van der Waals surface area contributed by atoms with E-state index in [4.69, 9.17) is 0 Å². The number of aliphatic imine (C=N–C) groups is 1. The monoisotopic (exact) mass is 420 g/mol. The Morgan fingerprint density at radius 1 is 1.57 bits per heavy atom. The van der Waals surface area contributed by atoms with Gasteiger partial charge >= 0.3 is 0 Å². The number of halogens is 2. The second-order valence-corrected chi connectivity index (χ2v) is 9.12. The number of hydrogen-bond donors (Lipinski definition) is 1. The molecule has 0 saturated heterocycles. The molecule has 0 aromatic heterocycles. The first-order valence-electron chi connectivity index (χ1n) is 6.43. The second kappa shape index (κ2) is 7.90. The third kappa shape index (κ3) is 4.78. The van der Waals surface area contributed by atoms with Crippen LogP contribution in [0.3, 0.4) is 0 Å². The van der Waals surface area contributed by atoms with E-state index in [2.05, 4.69) is 16.9 Å². The molecule has 21 heavy (non-hydrogen) atoms. The summed E-state index contributed by atoms with van der Waals surface area (Å²) in [5.74, 6) is -0.366. The van der Waals surface area contributed by atoms with Gasteiger partial charge < -0.3 is 9.88 Å². The molecule has 0 bridgehead atoms. The van der Waals surface area contributed by atoms with Gasteiger partial charge in [0.05, 0.1) is 11.4 Å². The lowest BCUT2D eigenvalue weighted by molar-refractivity contribution is 0.583. The van der Waals surface area contributed by atoms with Crippen molar-refractivity contribution in [3.63, 3.8) is 0 Å². The average molecular weight is 420 g/mol. The molecule has 0 fully saturated rings. The van der Waals surface area contributed by atoms with E-state index >= 15 is 0 Å². The van der Waals surface area contributed by atoms with Crippen LogP contribution in [0.25, 0.3) is 0 Å². The molecule has 3 nitrogen and oxygen atoms in total. The highest BCUT2D eigenvalue weighted by Crippen LogP contribution is 2.51. The SMILES string of the molecule is C=C/C(=C(\C=N/C)Nc1ccc(I)cc1F)[P@](C)(=O)CC. The summed E-state index contributed by atoms with van der Waals surface area (Å²) in [6.45, 7) is 7.28. The van der Waals surface area contributed by atoms with Crippen molar-refractivity contribution in [2.75, 3.05) is 25.2 Å². The van der Waals surface area contributed by atoms with Crippen LogP contribution in [0.4, 0.5) is 10.1 Å². The summed E-state index contributed by atoms with van der Waals surface area (Å²) < 4.78 is 27.4. The lowest BCUT2D eigenvalue weighted by Crippen LogP contribution is -2.07. The molecule has 0 heterocycles. The molecule has 1 aromatic carbocycles. The molecule has 0 radical (unpaired) electrons. The first-order chi connectivity index (χ1) is 9.85. The predicted molar refractivity (Wildman–Crippen MR) is 98.5 cm³/mol. The molecule has 0 aliphatic heterocycles. The number of anilines is 1. The summed E-state index contributed by atoms with van der Waals surface area (Å²) in [5, 5.41) is 3.55. The van der Waals surface area contributed by atoms with Crippen LogP contribution < -0.4 is 5.32 Å². The predicted octanol–water partition coefficient (Wildman–Crippen LogP) is 4.95. The summed E-state index contributed by atoms with van der Waals surface area (Å²) in [4.78, 5) is 3.96. The number of nitrogens with zero attached hydrogens (tertiary/aromatic N) is 1. The van der Waals surface area contributed by atoms with E-state index < -0.39 is 7.14 Å². The van der Waals surface area contributed by atoms with Crippen LogP contribution >= 0.6 is 29.7 Å². The van der Waals surface area contributed by atoms with Gasteiger partial charge in [-0.15, -0.1) is 0 Å². The molecular formula is C15H19FIN2OP. The van der Waals surface area contributed by atoms with Crippen molar-refractivity contribution in [3.05, 3.63) is 51.3 Å². The molecule has 1 rings (SSSR count). The van der Waals surface area contributed by atoms with Gasteiger partial charge in [-0.25, -0.2) is 4.39 Å². The third-order valence-corrected chi connectivity index (χ3v) is 6.36. The number of nitrogens with one attached hydrogen (secondary N) is 1.